The Kier molecular flexibility index (Phi) is 16.7. The van der Waals surface area contributed by atoms with Crippen LogP contribution in [0.4, 0.5) is 11.5 Å². The lowest BCUT2D eigenvalue weighted by Gasteiger charge is -2.24. The molecule has 5 aromatic rings. The first kappa shape index (κ1) is 44.1. The summed E-state index contributed by atoms with van der Waals surface area (Å²) in [5, 5.41) is 18.0. The van der Waals surface area contributed by atoms with Crippen LogP contribution in [0.15, 0.2) is 108 Å². The van der Waals surface area contributed by atoms with E-state index >= 15 is 0 Å². The average molecular weight is 804 g/mol. The molecule has 0 saturated heterocycles. The highest BCUT2D eigenvalue weighted by molar-refractivity contribution is 6.04. The molecule has 11 nitrogen and oxygen atoms in total. The first-order chi connectivity index (χ1) is 29.3. The number of rotatable bonds is 21. The summed E-state index contributed by atoms with van der Waals surface area (Å²) in [6, 6.07) is 32.9. The third-order valence-electron chi connectivity index (χ3n) is 10.1. The number of aliphatic imine (C=N–C) groups is 1. The Balaban J connectivity index is 1.15. The number of nitrogens with zero attached hydrogens (tertiary/aromatic N) is 3. The standard InChI is InChI=1S/C49H53N7O4/c1-4-16-42(34-58)55(3)49(60)43-30-41(25-24-40(43)33-57)52-28-26-45(59)53-27-14-6-5-9-17-36-18-15-19-37(29-36)32-56-47(39-22-12-8-13-23-39)46(38-20-10-7-11-21-38)44(31-50)48(56)54-35-51-2/h7-8,10-13,15,18-25,29-31,33-35,42,50,52H,4-6,14,16,26-28,32H2,1-3H3,(H,51,54)(H,53,59). The van der Waals surface area contributed by atoms with Crippen molar-refractivity contribution in [3.63, 3.8) is 0 Å². The average Bonchev–Trinajstić information content (AvgIpc) is 3.59. The molecular weight excluding hydrogens is 751 g/mol. The van der Waals surface area contributed by atoms with Gasteiger partial charge in [-0.15, -0.1) is 0 Å². The van der Waals surface area contributed by atoms with Gasteiger partial charge in [0.1, 0.15) is 12.1 Å². The number of likely N-dealkylation sites (N-methyl/N-ethyl adjacent to an activating group) is 1. The molecule has 4 aromatic carbocycles. The molecule has 1 heterocycles. The van der Waals surface area contributed by atoms with E-state index in [0.29, 0.717) is 44.4 Å². The lowest BCUT2D eigenvalue weighted by atomic mass is 9.98. The maximum atomic E-state index is 13.1. The third-order valence-corrected chi connectivity index (χ3v) is 10.1. The summed E-state index contributed by atoms with van der Waals surface area (Å²) in [4.78, 5) is 54.4. The minimum Gasteiger partial charge on any atom is -0.385 e. The van der Waals surface area contributed by atoms with E-state index in [0.717, 1.165) is 70.4 Å². The highest BCUT2D eigenvalue weighted by Crippen LogP contribution is 2.41. The zero-order valence-electron chi connectivity index (χ0n) is 34.5. The first-order valence-corrected chi connectivity index (χ1v) is 20.3. The second-order valence-corrected chi connectivity index (χ2v) is 14.3. The van der Waals surface area contributed by atoms with Gasteiger partial charge in [-0.25, -0.2) is 0 Å². The summed E-state index contributed by atoms with van der Waals surface area (Å²) in [5.41, 5.74) is 7.83. The van der Waals surface area contributed by atoms with E-state index in [2.05, 4.69) is 73.7 Å². The number of hydrogen-bond acceptors (Lipinski definition) is 7. The molecular formula is C49H53N7O4. The number of carbonyl (C=O) groups is 4. The number of anilines is 2. The Morgan fingerprint density at radius 3 is 2.35 bits per heavy atom. The predicted molar refractivity (Wildman–Crippen MR) is 242 cm³/mol. The van der Waals surface area contributed by atoms with Crippen molar-refractivity contribution >= 4 is 48.4 Å². The van der Waals surface area contributed by atoms with Crippen LogP contribution in [0.1, 0.15) is 82.9 Å². The zero-order valence-corrected chi connectivity index (χ0v) is 34.5. The molecule has 0 radical (unpaired) electrons. The normalized spacial score (nSPS) is 11.2. The molecule has 4 N–H and O–H groups in total. The molecule has 1 atom stereocenters. The fourth-order valence-corrected chi connectivity index (χ4v) is 7.02. The number of aromatic nitrogens is 1. The van der Waals surface area contributed by atoms with E-state index in [1.54, 1.807) is 38.6 Å². The molecule has 0 aliphatic heterocycles. The van der Waals surface area contributed by atoms with Crippen LogP contribution in [0.3, 0.4) is 0 Å². The second kappa shape index (κ2) is 22.8. The van der Waals surface area contributed by atoms with Gasteiger partial charge in [-0.05, 0) is 66.3 Å². The summed E-state index contributed by atoms with van der Waals surface area (Å²) in [5.74, 6) is 6.88. The van der Waals surface area contributed by atoms with Crippen molar-refractivity contribution in [3.05, 3.63) is 131 Å². The van der Waals surface area contributed by atoms with Gasteiger partial charge in [0.05, 0.1) is 23.6 Å². The first-order valence-electron chi connectivity index (χ1n) is 20.3. The van der Waals surface area contributed by atoms with E-state index in [1.807, 2.05) is 55.5 Å². The lowest BCUT2D eigenvalue weighted by Crippen LogP contribution is -2.38. The van der Waals surface area contributed by atoms with Gasteiger partial charge in [0.25, 0.3) is 5.91 Å². The van der Waals surface area contributed by atoms with E-state index in [9.17, 15) is 19.2 Å². The number of carbonyl (C=O) groups excluding carboxylic acids is 4. The summed E-state index contributed by atoms with van der Waals surface area (Å²) in [6.07, 6.45) is 8.23. The maximum Gasteiger partial charge on any atom is 0.255 e. The van der Waals surface area contributed by atoms with Crippen molar-refractivity contribution in [2.45, 2.75) is 58.0 Å². The van der Waals surface area contributed by atoms with Crippen LogP contribution in [0, 0.1) is 17.3 Å². The van der Waals surface area contributed by atoms with Crippen LogP contribution in [0.2, 0.25) is 0 Å². The third kappa shape index (κ3) is 11.5. The molecule has 0 aliphatic carbocycles. The van der Waals surface area contributed by atoms with Crippen molar-refractivity contribution in [1.29, 1.82) is 5.41 Å². The molecule has 2 amide bonds. The number of benzene rings is 4. The monoisotopic (exact) mass is 803 g/mol. The molecule has 0 fully saturated rings. The Morgan fingerprint density at radius 2 is 1.67 bits per heavy atom. The van der Waals surface area contributed by atoms with Gasteiger partial charge in [0, 0.05) is 80.7 Å². The maximum absolute atomic E-state index is 13.1. The smallest absolute Gasteiger partial charge is 0.255 e. The van der Waals surface area contributed by atoms with Crippen molar-refractivity contribution in [3.8, 4) is 34.2 Å². The number of unbranched alkanes of at least 4 members (excludes halogenated alkanes) is 2. The van der Waals surface area contributed by atoms with Crippen LogP contribution in [0.25, 0.3) is 22.4 Å². The quantitative estimate of drug-likeness (QED) is 0.0193. The minimum atomic E-state index is -0.570. The van der Waals surface area contributed by atoms with E-state index in [-0.39, 0.29) is 23.5 Å². The van der Waals surface area contributed by atoms with Crippen LogP contribution in [-0.2, 0) is 16.1 Å². The summed E-state index contributed by atoms with van der Waals surface area (Å²) >= 11 is 0. The number of hydrogen-bond donors (Lipinski definition) is 4. The van der Waals surface area contributed by atoms with Crippen molar-refractivity contribution in [2.75, 3.05) is 37.8 Å². The number of nitrogens with one attached hydrogen (secondary N) is 4. The minimum absolute atomic E-state index is 0.0959. The van der Waals surface area contributed by atoms with Crippen molar-refractivity contribution < 1.29 is 19.2 Å². The molecule has 0 aliphatic rings. The predicted octanol–water partition coefficient (Wildman–Crippen LogP) is 8.33. The molecule has 0 saturated carbocycles. The Hall–Kier alpha value is -7.06. The molecule has 5 rings (SSSR count). The molecule has 0 bridgehead atoms. The SMILES string of the molecule is CCCC(C=O)N(C)C(=O)c1cc(NCCC(=O)NCCCCC#Cc2cccc(Cn3c(NC=NC)c(C=N)c(-c4ccccc4)c3-c3ccccc3)c2)ccc1C=O. The summed E-state index contributed by atoms with van der Waals surface area (Å²) < 4.78 is 2.21. The van der Waals surface area contributed by atoms with Gasteiger partial charge in [-0.1, -0.05) is 98.0 Å². The molecule has 60 heavy (non-hydrogen) atoms. The van der Waals surface area contributed by atoms with Crippen LogP contribution < -0.4 is 16.0 Å². The van der Waals surface area contributed by atoms with Gasteiger partial charge in [-0.3, -0.25) is 19.4 Å². The number of aldehydes is 2. The molecule has 308 valence electrons. The van der Waals surface area contributed by atoms with Gasteiger partial charge in [0.15, 0.2) is 6.29 Å². The summed E-state index contributed by atoms with van der Waals surface area (Å²) in [7, 11) is 3.27. The van der Waals surface area contributed by atoms with Gasteiger partial charge in [0.2, 0.25) is 5.91 Å². The number of amides is 2. The largest absolute Gasteiger partial charge is 0.385 e. The van der Waals surface area contributed by atoms with Crippen molar-refractivity contribution in [1.82, 2.24) is 14.8 Å². The zero-order chi connectivity index (χ0) is 42.7. The Morgan fingerprint density at radius 1 is 0.917 bits per heavy atom. The van der Waals surface area contributed by atoms with E-state index in [1.165, 1.54) is 11.1 Å². The Labute approximate surface area is 352 Å². The molecule has 1 unspecified atom stereocenters. The van der Waals surface area contributed by atoms with Crippen LogP contribution in [-0.4, -0.2) is 79.6 Å². The highest BCUT2D eigenvalue weighted by Gasteiger charge is 2.25. The van der Waals surface area contributed by atoms with Gasteiger partial charge < -0.3 is 35.6 Å². The Bertz CT molecular complexity index is 2340. The van der Waals surface area contributed by atoms with E-state index in [4.69, 9.17) is 5.41 Å². The lowest BCUT2D eigenvalue weighted by molar-refractivity contribution is -0.120. The van der Waals surface area contributed by atoms with Gasteiger partial charge >= 0.3 is 0 Å². The molecule has 11 heteroatoms. The fraction of sp³-hybridized carbons (Fsp3) is 0.265. The fourth-order valence-electron chi connectivity index (χ4n) is 7.02. The van der Waals surface area contributed by atoms with Crippen LogP contribution >= 0.6 is 0 Å². The summed E-state index contributed by atoms with van der Waals surface area (Å²) in [6.45, 7) is 3.35. The van der Waals surface area contributed by atoms with E-state index < -0.39 is 11.9 Å². The van der Waals surface area contributed by atoms with Crippen molar-refractivity contribution in [2.24, 2.45) is 4.99 Å². The topological polar surface area (TPSA) is 149 Å². The second-order valence-electron chi connectivity index (χ2n) is 14.3. The van der Waals surface area contributed by atoms with Crippen LogP contribution in [0.5, 0.6) is 0 Å². The molecule has 1 aromatic heterocycles. The van der Waals surface area contributed by atoms with Gasteiger partial charge in [-0.2, -0.15) is 0 Å². The highest BCUT2D eigenvalue weighted by atomic mass is 16.2. The molecule has 0 spiro atoms.